The third-order valence-corrected chi connectivity index (χ3v) is 4.66. The van der Waals surface area contributed by atoms with Gasteiger partial charge in [-0.05, 0) is 33.5 Å². The van der Waals surface area contributed by atoms with Crippen LogP contribution in [-0.2, 0) is 4.74 Å². The second kappa shape index (κ2) is 6.58. The summed E-state index contributed by atoms with van der Waals surface area (Å²) in [5, 5.41) is 0.942. The minimum absolute atomic E-state index is 0.319. The van der Waals surface area contributed by atoms with E-state index in [9.17, 15) is 4.79 Å². The maximum absolute atomic E-state index is 11.9. The number of anilines is 1. The maximum Gasteiger partial charge on any atom is 0.348 e. The van der Waals surface area contributed by atoms with Crippen LogP contribution in [0.1, 0.15) is 21.1 Å². The van der Waals surface area contributed by atoms with Crippen LogP contribution in [0, 0.1) is 13.8 Å². The largest absolute Gasteiger partial charge is 0.465 e. The van der Waals surface area contributed by atoms with Gasteiger partial charge in [0.25, 0.3) is 0 Å². The number of aryl methyl sites for hydroxylation is 2. The number of ether oxygens (including phenoxy) is 1. The molecule has 0 spiro atoms. The molecular weight excluding hydrogens is 300 g/mol. The number of nitrogens with zero attached hydrogens (tertiary/aromatic N) is 4. The Balaban J connectivity index is 2.53. The van der Waals surface area contributed by atoms with Crippen molar-refractivity contribution in [3.63, 3.8) is 0 Å². The molecular formula is C15H22N4O2S. The van der Waals surface area contributed by atoms with Crippen molar-refractivity contribution in [1.29, 1.82) is 0 Å². The minimum Gasteiger partial charge on any atom is -0.465 e. The molecule has 0 saturated heterocycles. The van der Waals surface area contributed by atoms with Crippen molar-refractivity contribution in [1.82, 2.24) is 14.9 Å². The predicted octanol–water partition coefficient (Wildman–Crippen LogP) is 2.09. The number of carbonyl (C=O) groups is 1. The second-order valence-electron chi connectivity index (χ2n) is 5.55. The van der Waals surface area contributed by atoms with Crippen molar-refractivity contribution < 1.29 is 9.53 Å². The average Bonchev–Trinajstić information content (AvgIpc) is 2.79. The van der Waals surface area contributed by atoms with E-state index in [1.54, 1.807) is 0 Å². The number of rotatable bonds is 5. The first kappa shape index (κ1) is 16.6. The van der Waals surface area contributed by atoms with E-state index < -0.39 is 0 Å². The summed E-state index contributed by atoms with van der Waals surface area (Å²) in [5.41, 5.74) is 0.888. The van der Waals surface area contributed by atoms with E-state index in [4.69, 9.17) is 4.74 Å². The Kier molecular flexibility index (Phi) is 4.97. The molecule has 120 valence electrons. The van der Waals surface area contributed by atoms with E-state index in [0.717, 1.165) is 34.7 Å². The van der Waals surface area contributed by atoms with E-state index in [2.05, 4.69) is 19.8 Å². The van der Waals surface area contributed by atoms with Gasteiger partial charge in [0.1, 0.15) is 21.3 Å². The summed E-state index contributed by atoms with van der Waals surface area (Å²) in [4.78, 5) is 26.6. The molecule has 6 nitrogen and oxygen atoms in total. The number of carbonyl (C=O) groups excluding carboxylic acids is 1. The van der Waals surface area contributed by atoms with Crippen molar-refractivity contribution in [2.24, 2.45) is 0 Å². The molecule has 0 atom stereocenters. The number of fused-ring (bicyclic) bond motifs is 1. The second-order valence-corrected chi connectivity index (χ2v) is 6.55. The number of methoxy groups -OCH3 is 1. The Bertz CT molecular complexity index is 696. The summed E-state index contributed by atoms with van der Waals surface area (Å²) in [6, 6.07) is 0. The van der Waals surface area contributed by atoms with E-state index in [1.807, 2.05) is 35.0 Å². The highest BCUT2D eigenvalue weighted by molar-refractivity contribution is 7.20. The molecule has 0 radical (unpaired) electrons. The summed E-state index contributed by atoms with van der Waals surface area (Å²) in [6.07, 6.45) is 0. The molecule has 2 aromatic rings. The summed E-state index contributed by atoms with van der Waals surface area (Å²) in [7, 11) is 7.49. The van der Waals surface area contributed by atoms with Gasteiger partial charge in [-0.15, -0.1) is 11.3 Å². The first-order chi connectivity index (χ1) is 10.3. The number of hydrogen-bond donors (Lipinski definition) is 0. The first-order valence-electron chi connectivity index (χ1n) is 7.07. The number of esters is 1. The van der Waals surface area contributed by atoms with Gasteiger partial charge in [0.2, 0.25) is 0 Å². The van der Waals surface area contributed by atoms with Gasteiger partial charge in [-0.25, -0.2) is 14.8 Å². The Hall–Kier alpha value is -1.73. The van der Waals surface area contributed by atoms with Crippen LogP contribution in [0.25, 0.3) is 10.2 Å². The lowest BCUT2D eigenvalue weighted by Gasteiger charge is -2.21. The normalized spacial score (nSPS) is 11.2. The molecule has 0 aromatic carbocycles. The SMILES string of the molecule is COC(=O)c1sc2nc(C)nc(N(C)CCN(C)C)c2c1C. The zero-order chi connectivity index (χ0) is 16.4. The van der Waals surface area contributed by atoms with Crippen LogP contribution < -0.4 is 4.90 Å². The molecule has 2 heterocycles. The fourth-order valence-corrected chi connectivity index (χ4v) is 3.38. The standard InChI is InChI=1S/C15H22N4O2S/c1-9-11-13(19(5)8-7-18(3)4)16-10(2)17-14(11)22-12(9)15(20)21-6/h7-8H2,1-6H3. The van der Waals surface area contributed by atoms with Crippen LogP contribution in [0.2, 0.25) is 0 Å². The molecule has 0 unspecified atom stereocenters. The third-order valence-electron chi connectivity index (χ3n) is 3.50. The predicted molar refractivity (Wildman–Crippen MR) is 90.1 cm³/mol. The van der Waals surface area contributed by atoms with Gasteiger partial charge in [0, 0.05) is 20.1 Å². The Morgan fingerprint density at radius 2 is 1.86 bits per heavy atom. The van der Waals surface area contributed by atoms with Crippen molar-refractivity contribution in [2.45, 2.75) is 13.8 Å². The molecule has 7 heteroatoms. The lowest BCUT2D eigenvalue weighted by atomic mass is 10.2. The van der Waals surface area contributed by atoms with Crippen molar-refractivity contribution in [3.8, 4) is 0 Å². The lowest BCUT2D eigenvalue weighted by molar-refractivity contribution is 0.0605. The van der Waals surface area contributed by atoms with Crippen LogP contribution in [0.3, 0.4) is 0 Å². The van der Waals surface area contributed by atoms with E-state index in [0.29, 0.717) is 10.7 Å². The van der Waals surface area contributed by atoms with Crippen LogP contribution in [0.4, 0.5) is 5.82 Å². The van der Waals surface area contributed by atoms with Gasteiger partial charge in [0.05, 0.1) is 12.5 Å². The van der Waals surface area contributed by atoms with Gasteiger partial charge >= 0.3 is 5.97 Å². The zero-order valence-corrected chi connectivity index (χ0v) is 14.7. The molecule has 2 aromatic heterocycles. The third kappa shape index (κ3) is 3.20. The number of likely N-dealkylation sites (N-methyl/N-ethyl adjacent to an activating group) is 2. The van der Waals surface area contributed by atoms with Crippen LogP contribution in [-0.4, -0.2) is 62.2 Å². The molecule has 0 fully saturated rings. The van der Waals surface area contributed by atoms with Crippen LogP contribution in [0.5, 0.6) is 0 Å². The van der Waals surface area contributed by atoms with E-state index in [-0.39, 0.29) is 5.97 Å². The molecule has 0 aliphatic rings. The minimum atomic E-state index is -0.319. The zero-order valence-electron chi connectivity index (χ0n) is 13.9. The van der Waals surface area contributed by atoms with Crippen molar-refractivity contribution in [2.75, 3.05) is 46.2 Å². The molecule has 0 aliphatic carbocycles. The van der Waals surface area contributed by atoms with E-state index in [1.165, 1.54) is 18.4 Å². The highest BCUT2D eigenvalue weighted by atomic mass is 32.1. The maximum atomic E-state index is 11.9. The fraction of sp³-hybridized carbons (Fsp3) is 0.533. The highest BCUT2D eigenvalue weighted by Gasteiger charge is 2.21. The van der Waals surface area contributed by atoms with Gasteiger partial charge in [-0.3, -0.25) is 0 Å². The average molecular weight is 322 g/mol. The molecule has 22 heavy (non-hydrogen) atoms. The van der Waals surface area contributed by atoms with Crippen molar-refractivity contribution in [3.05, 3.63) is 16.3 Å². The number of aromatic nitrogens is 2. The summed E-state index contributed by atoms with van der Waals surface area (Å²) < 4.78 is 4.86. The topological polar surface area (TPSA) is 58.6 Å². The monoisotopic (exact) mass is 322 g/mol. The summed E-state index contributed by atoms with van der Waals surface area (Å²) >= 11 is 1.36. The van der Waals surface area contributed by atoms with Gasteiger partial charge in [-0.2, -0.15) is 0 Å². The molecule has 2 rings (SSSR count). The van der Waals surface area contributed by atoms with Gasteiger partial charge in [-0.1, -0.05) is 0 Å². The molecule has 0 amide bonds. The first-order valence-corrected chi connectivity index (χ1v) is 7.88. The Morgan fingerprint density at radius 1 is 1.18 bits per heavy atom. The van der Waals surface area contributed by atoms with Crippen LogP contribution in [0.15, 0.2) is 0 Å². The van der Waals surface area contributed by atoms with Gasteiger partial charge in [0.15, 0.2) is 0 Å². The summed E-state index contributed by atoms with van der Waals surface area (Å²) in [6.45, 7) is 5.57. The lowest BCUT2D eigenvalue weighted by Crippen LogP contribution is -2.29. The molecule has 0 saturated carbocycles. The Labute approximate surface area is 134 Å². The molecule has 0 bridgehead atoms. The number of thiophene rings is 1. The smallest absolute Gasteiger partial charge is 0.348 e. The van der Waals surface area contributed by atoms with Crippen LogP contribution >= 0.6 is 11.3 Å². The molecule has 0 N–H and O–H groups in total. The summed E-state index contributed by atoms with van der Waals surface area (Å²) in [5.74, 6) is 1.25. The quantitative estimate of drug-likeness (QED) is 0.786. The Morgan fingerprint density at radius 3 is 2.45 bits per heavy atom. The number of hydrogen-bond acceptors (Lipinski definition) is 7. The fourth-order valence-electron chi connectivity index (χ4n) is 2.24. The van der Waals surface area contributed by atoms with Gasteiger partial charge < -0.3 is 14.5 Å². The van der Waals surface area contributed by atoms with Crippen molar-refractivity contribution >= 4 is 33.3 Å². The molecule has 0 aliphatic heterocycles. The highest BCUT2D eigenvalue weighted by Crippen LogP contribution is 2.35. The van der Waals surface area contributed by atoms with E-state index >= 15 is 0 Å².